The number of urea groups is 1. The zero-order valence-corrected chi connectivity index (χ0v) is 13.7. The molecule has 0 aromatic heterocycles. The van der Waals surface area contributed by atoms with Gasteiger partial charge in [-0.2, -0.15) is 0 Å². The Bertz CT molecular complexity index is 781. The van der Waals surface area contributed by atoms with Gasteiger partial charge in [-0.05, 0) is 36.4 Å². The lowest BCUT2D eigenvalue weighted by Crippen LogP contribution is -2.30. The zero-order valence-electron chi connectivity index (χ0n) is 12.9. The minimum Gasteiger partial charge on any atom is -0.351 e. The Kier molecular flexibility index (Phi) is 6.26. The second-order valence-electron chi connectivity index (χ2n) is 4.97. The highest BCUT2D eigenvalue weighted by atomic mass is 35.5. The molecule has 2 aromatic carbocycles. The number of nitrogens with one attached hydrogen (secondary N) is 3. The third-order valence-electron chi connectivity index (χ3n) is 3.02. The summed E-state index contributed by atoms with van der Waals surface area (Å²) in [6, 6.07) is 6.01. The van der Waals surface area contributed by atoms with E-state index in [2.05, 4.69) is 16.0 Å². The van der Waals surface area contributed by atoms with Crippen LogP contribution in [0.5, 0.6) is 0 Å². The molecule has 0 saturated heterocycles. The molecule has 0 spiro atoms. The van der Waals surface area contributed by atoms with Crippen LogP contribution in [0, 0.1) is 11.6 Å². The summed E-state index contributed by atoms with van der Waals surface area (Å²) in [7, 11) is 0. The van der Waals surface area contributed by atoms with Crippen LogP contribution in [-0.4, -0.2) is 25.0 Å². The number of amides is 3. The number of benzene rings is 2. The Balaban J connectivity index is 2.16. The quantitative estimate of drug-likeness (QED) is 0.653. The fourth-order valence-electron chi connectivity index (χ4n) is 2.01. The number of hydrogen-bond acceptors (Lipinski definition) is 3. The Morgan fingerprint density at radius 3 is 2.48 bits per heavy atom. The number of carbonyl (C=O) groups is 2. The molecule has 2 aromatic rings. The SMILES string of the molecule is NCCNC(=O)c1ccc(F)cc1NC(=O)Nc1cc(F)cc(Cl)c1. The van der Waals surface area contributed by atoms with Crippen molar-refractivity contribution in [1.29, 1.82) is 0 Å². The number of carbonyl (C=O) groups excluding carboxylic acids is 2. The van der Waals surface area contributed by atoms with Crippen molar-refractivity contribution in [3.8, 4) is 0 Å². The molecule has 0 atom stereocenters. The van der Waals surface area contributed by atoms with E-state index in [1.807, 2.05) is 0 Å². The molecule has 3 amide bonds. The van der Waals surface area contributed by atoms with Crippen LogP contribution in [0.4, 0.5) is 25.0 Å². The number of rotatable bonds is 5. The first-order chi connectivity index (χ1) is 11.9. The molecular weight excluding hydrogens is 354 g/mol. The lowest BCUT2D eigenvalue weighted by atomic mass is 10.1. The smallest absolute Gasteiger partial charge is 0.323 e. The van der Waals surface area contributed by atoms with Gasteiger partial charge < -0.3 is 21.7 Å². The number of halogens is 3. The summed E-state index contributed by atoms with van der Waals surface area (Å²) >= 11 is 5.71. The Labute approximate surface area is 147 Å². The second kappa shape index (κ2) is 8.41. The van der Waals surface area contributed by atoms with Crippen LogP contribution in [0.1, 0.15) is 10.4 Å². The van der Waals surface area contributed by atoms with Crippen LogP contribution in [0.15, 0.2) is 36.4 Å². The average molecular weight is 369 g/mol. The molecule has 25 heavy (non-hydrogen) atoms. The first-order valence-electron chi connectivity index (χ1n) is 7.21. The molecule has 0 unspecified atom stereocenters. The van der Waals surface area contributed by atoms with Crippen LogP contribution < -0.4 is 21.7 Å². The van der Waals surface area contributed by atoms with E-state index in [1.165, 1.54) is 12.1 Å². The first kappa shape index (κ1) is 18.6. The van der Waals surface area contributed by atoms with E-state index in [0.717, 1.165) is 24.3 Å². The standard InChI is InChI=1S/C16H15ClF2N4O2/c17-9-5-11(19)7-12(6-9)22-16(25)23-14-8-10(18)1-2-13(14)15(24)21-4-3-20/h1-2,5-8H,3-4,20H2,(H,21,24)(H2,22,23,25). The summed E-state index contributed by atoms with van der Waals surface area (Å²) in [4.78, 5) is 24.1. The minimum atomic E-state index is -0.792. The average Bonchev–Trinajstić information content (AvgIpc) is 2.51. The van der Waals surface area contributed by atoms with Crippen molar-refractivity contribution in [3.63, 3.8) is 0 Å². The van der Waals surface area contributed by atoms with Gasteiger partial charge in [0.2, 0.25) is 0 Å². The number of hydrogen-bond donors (Lipinski definition) is 4. The van der Waals surface area contributed by atoms with Crippen molar-refractivity contribution in [2.24, 2.45) is 5.73 Å². The van der Waals surface area contributed by atoms with Crippen LogP contribution in [0.3, 0.4) is 0 Å². The first-order valence-corrected chi connectivity index (χ1v) is 7.59. The lowest BCUT2D eigenvalue weighted by molar-refractivity contribution is 0.0955. The predicted molar refractivity (Wildman–Crippen MR) is 91.8 cm³/mol. The Morgan fingerprint density at radius 1 is 1.04 bits per heavy atom. The van der Waals surface area contributed by atoms with Gasteiger partial charge in [-0.25, -0.2) is 13.6 Å². The molecule has 2 rings (SSSR count). The zero-order chi connectivity index (χ0) is 18.4. The van der Waals surface area contributed by atoms with Crippen LogP contribution in [0.2, 0.25) is 5.02 Å². The summed E-state index contributed by atoms with van der Waals surface area (Å²) in [5, 5.41) is 7.32. The Morgan fingerprint density at radius 2 is 1.80 bits per heavy atom. The van der Waals surface area contributed by atoms with Crippen molar-refractivity contribution in [2.75, 3.05) is 23.7 Å². The predicted octanol–water partition coefficient (Wildman–Crippen LogP) is 2.95. The molecular formula is C16H15ClF2N4O2. The molecule has 0 saturated carbocycles. The van der Waals surface area contributed by atoms with E-state index in [9.17, 15) is 18.4 Å². The Hall–Kier alpha value is -2.71. The van der Waals surface area contributed by atoms with Crippen molar-refractivity contribution >= 4 is 34.9 Å². The highest BCUT2D eigenvalue weighted by Gasteiger charge is 2.14. The highest BCUT2D eigenvalue weighted by molar-refractivity contribution is 6.31. The molecule has 6 nitrogen and oxygen atoms in total. The fourth-order valence-corrected chi connectivity index (χ4v) is 2.23. The second-order valence-corrected chi connectivity index (χ2v) is 5.41. The number of nitrogens with two attached hydrogens (primary N) is 1. The summed E-state index contributed by atoms with van der Waals surface area (Å²) in [6.45, 7) is 0.458. The molecule has 0 bridgehead atoms. The van der Waals surface area contributed by atoms with Gasteiger partial charge in [-0.15, -0.1) is 0 Å². The maximum Gasteiger partial charge on any atom is 0.323 e. The summed E-state index contributed by atoms with van der Waals surface area (Å²) in [5.41, 5.74) is 5.43. The van der Waals surface area contributed by atoms with Crippen molar-refractivity contribution in [2.45, 2.75) is 0 Å². The largest absolute Gasteiger partial charge is 0.351 e. The third-order valence-corrected chi connectivity index (χ3v) is 3.24. The monoisotopic (exact) mass is 368 g/mol. The van der Waals surface area contributed by atoms with Crippen molar-refractivity contribution < 1.29 is 18.4 Å². The van der Waals surface area contributed by atoms with E-state index in [1.54, 1.807) is 0 Å². The maximum absolute atomic E-state index is 13.5. The van der Waals surface area contributed by atoms with Crippen LogP contribution in [0.25, 0.3) is 0 Å². The molecule has 0 aliphatic rings. The summed E-state index contributed by atoms with van der Waals surface area (Å²) in [6.07, 6.45) is 0. The highest BCUT2D eigenvalue weighted by Crippen LogP contribution is 2.20. The molecule has 0 aliphatic carbocycles. The van der Waals surface area contributed by atoms with E-state index in [4.69, 9.17) is 17.3 Å². The van der Waals surface area contributed by atoms with Gasteiger partial charge in [0.05, 0.1) is 11.3 Å². The van der Waals surface area contributed by atoms with E-state index >= 15 is 0 Å². The van der Waals surface area contributed by atoms with Gasteiger partial charge in [0.15, 0.2) is 0 Å². The lowest BCUT2D eigenvalue weighted by Gasteiger charge is -2.12. The van der Waals surface area contributed by atoms with Gasteiger partial charge in [0, 0.05) is 23.8 Å². The van der Waals surface area contributed by atoms with Crippen LogP contribution >= 0.6 is 11.6 Å². The molecule has 0 fully saturated rings. The maximum atomic E-state index is 13.5. The van der Waals surface area contributed by atoms with Gasteiger partial charge >= 0.3 is 6.03 Å². The van der Waals surface area contributed by atoms with Gasteiger partial charge in [0.25, 0.3) is 5.91 Å². The summed E-state index contributed by atoms with van der Waals surface area (Å²) < 4.78 is 26.7. The minimum absolute atomic E-state index is 0.0467. The fraction of sp³-hybridized carbons (Fsp3) is 0.125. The van der Waals surface area contributed by atoms with E-state index in [-0.39, 0.29) is 35.1 Å². The van der Waals surface area contributed by atoms with Crippen molar-refractivity contribution in [3.05, 3.63) is 58.6 Å². The molecule has 0 aliphatic heterocycles. The molecule has 0 heterocycles. The molecule has 9 heteroatoms. The van der Waals surface area contributed by atoms with Crippen molar-refractivity contribution in [1.82, 2.24) is 5.32 Å². The topological polar surface area (TPSA) is 96.2 Å². The molecule has 132 valence electrons. The molecule has 5 N–H and O–H groups in total. The van der Waals surface area contributed by atoms with Gasteiger partial charge in [0.1, 0.15) is 11.6 Å². The normalized spacial score (nSPS) is 10.2. The number of anilines is 2. The van der Waals surface area contributed by atoms with Gasteiger partial charge in [-0.1, -0.05) is 11.6 Å². The van der Waals surface area contributed by atoms with E-state index in [0.29, 0.717) is 0 Å². The van der Waals surface area contributed by atoms with E-state index < -0.39 is 23.6 Å². The third kappa shape index (κ3) is 5.40. The summed E-state index contributed by atoms with van der Waals surface area (Å²) in [5.74, 6) is -1.79. The van der Waals surface area contributed by atoms with Crippen LogP contribution in [-0.2, 0) is 0 Å². The van der Waals surface area contributed by atoms with Gasteiger partial charge in [-0.3, -0.25) is 4.79 Å². The molecule has 0 radical (unpaired) electrons.